The summed E-state index contributed by atoms with van der Waals surface area (Å²) >= 11 is 0. The molecular weight excluding hydrogens is 339 g/mol. The highest BCUT2D eigenvalue weighted by Gasteiger charge is 2.49. The summed E-state index contributed by atoms with van der Waals surface area (Å²) in [6.07, 6.45) is -3.68. The molecule has 1 aliphatic heterocycles. The molecule has 1 amide bonds. The fraction of sp³-hybridized carbons (Fsp3) is 0.529. The van der Waals surface area contributed by atoms with Gasteiger partial charge in [-0.2, -0.15) is 13.2 Å². The van der Waals surface area contributed by atoms with E-state index in [1.165, 1.54) is 27.2 Å². The lowest BCUT2D eigenvalue weighted by Crippen LogP contribution is -2.51. The molecule has 0 spiro atoms. The molecule has 1 saturated carbocycles. The number of ether oxygens (including phenoxy) is 2. The molecule has 1 fully saturated rings. The van der Waals surface area contributed by atoms with Gasteiger partial charge in [0, 0.05) is 33.6 Å². The van der Waals surface area contributed by atoms with Gasteiger partial charge in [0.05, 0.1) is 16.8 Å². The second-order valence-electron chi connectivity index (χ2n) is 6.54. The number of methoxy groups -OCH3 is 2. The van der Waals surface area contributed by atoms with Crippen LogP contribution in [0.2, 0.25) is 0 Å². The van der Waals surface area contributed by atoms with E-state index in [1.54, 1.807) is 0 Å². The van der Waals surface area contributed by atoms with E-state index in [9.17, 15) is 22.8 Å². The van der Waals surface area contributed by atoms with E-state index in [0.29, 0.717) is 18.4 Å². The van der Waals surface area contributed by atoms with Gasteiger partial charge in [0.2, 0.25) is 0 Å². The molecule has 1 heterocycles. The minimum absolute atomic E-state index is 0.0163. The van der Waals surface area contributed by atoms with Crippen LogP contribution in [0.4, 0.5) is 18.9 Å². The Morgan fingerprint density at radius 2 is 1.80 bits per heavy atom. The third-order valence-corrected chi connectivity index (χ3v) is 4.91. The fourth-order valence-corrected chi connectivity index (χ4v) is 3.59. The predicted octanol–water partition coefficient (Wildman–Crippen LogP) is 2.94. The molecule has 2 aliphatic rings. The smallest absolute Gasteiger partial charge is 0.353 e. The van der Waals surface area contributed by atoms with E-state index in [4.69, 9.17) is 9.47 Å². The van der Waals surface area contributed by atoms with E-state index in [-0.39, 0.29) is 18.2 Å². The van der Waals surface area contributed by atoms with Gasteiger partial charge < -0.3 is 14.4 Å². The topological polar surface area (TPSA) is 55.8 Å². The van der Waals surface area contributed by atoms with Crippen LogP contribution >= 0.6 is 0 Å². The molecule has 0 N–H and O–H groups in total. The van der Waals surface area contributed by atoms with Gasteiger partial charge in [-0.05, 0) is 30.5 Å². The molecule has 0 radical (unpaired) electrons. The Balaban J connectivity index is 1.92. The molecule has 3 rings (SSSR count). The fourth-order valence-electron chi connectivity index (χ4n) is 3.59. The highest BCUT2D eigenvalue weighted by atomic mass is 19.4. The summed E-state index contributed by atoms with van der Waals surface area (Å²) in [4.78, 5) is 25.6. The van der Waals surface area contributed by atoms with Crippen LogP contribution in [-0.2, 0) is 20.4 Å². The van der Waals surface area contributed by atoms with E-state index in [1.807, 2.05) is 0 Å². The number of nitrogens with zero attached hydrogens (tertiary/aromatic N) is 1. The number of ketones is 1. The predicted molar refractivity (Wildman–Crippen MR) is 82.3 cm³/mol. The first-order valence-electron chi connectivity index (χ1n) is 7.80. The number of fused-ring (bicyclic) bond motifs is 1. The molecule has 5 nitrogen and oxygen atoms in total. The van der Waals surface area contributed by atoms with Crippen LogP contribution < -0.4 is 4.90 Å². The number of benzene rings is 1. The van der Waals surface area contributed by atoms with Crippen LogP contribution in [0, 0.1) is 12.8 Å². The summed E-state index contributed by atoms with van der Waals surface area (Å²) < 4.78 is 50.4. The van der Waals surface area contributed by atoms with Crippen molar-refractivity contribution in [3.05, 3.63) is 28.8 Å². The van der Waals surface area contributed by atoms with Crippen LogP contribution in [0.25, 0.3) is 0 Å². The maximum Gasteiger partial charge on any atom is 0.417 e. The Morgan fingerprint density at radius 1 is 1.20 bits per heavy atom. The number of Topliss-reactive ketones (excluding diaryl/α,β-unsaturated/α-hetero) is 1. The zero-order valence-corrected chi connectivity index (χ0v) is 14.1. The Kier molecular flexibility index (Phi) is 4.15. The van der Waals surface area contributed by atoms with Gasteiger partial charge in [-0.1, -0.05) is 0 Å². The zero-order valence-electron chi connectivity index (χ0n) is 14.1. The third-order valence-electron chi connectivity index (χ3n) is 4.91. The summed E-state index contributed by atoms with van der Waals surface area (Å²) in [6.45, 7) is 1.66. The molecular formula is C17H18F3NO4. The molecule has 1 aliphatic carbocycles. The Hall–Kier alpha value is -1.93. The molecule has 0 bridgehead atoms. The van der Waals surface area contributed by atoms with Crippen molar-refractivity contribution in [2.75, 3.05) is 25.7 Å². The van der Waals surface area contributed by atoms with Crippen LogP contribution in [0.15, 0.2) is 12.1 Å². The molecule has 0 atom stereocenters. The van der Waals surface area contributed by atoms with Gasteiger partial charge in [-0.3, -0.25) is 9.59 Å². The average molecular weight is 357 g/mol. The lowest BCUT2D eigenvalue weighted by molar-refractivity contribution is -0.268. The molecule has 25 heavy (non-hydrogen) atoms. The molecule has 0 aromatic heterocycles. The van der Waals surface area contributed by atoms with E-state index >= 15 is 0 Å². The maximum absolute atomic E-state index is 13.3. The highest BCUT2D eigenvalue weighted by molar-refractivity contribution is 6.52. The standard InChI is InChI=1S/C17H18F3NO4/c1-9-4-11(17(18,19)20)13-12(5-9)21(15(23)14(13)22)8-10-6-16(7-10,24-2)25-3/h4-5,10H,6-8H2,1-3H3. The minimum Gasteiger partial charge on any atom is -0.353 e. The van der Waals surface area contributed by atoms with Crippen molar-refractivity contribution in [3.8, 4) is 0 Å². The molecule has 136 valence electrons. The number of aryl methyl sites for hydroxylation is 1. The van der Waals surface area contributed by atoms with Crippen LogP contribution in [0.1, 0.15) is 34.3 Å². The SMILES string of the molecule is COC1(OC)CC(CN2C(=O)C(=O)c3c2cc(C)cc3C(F)(F)F)C1. The number of amides is 1. The average Bonchev–Trinajstić information content (AvgIpc) is 2.73. The normalized spacial score (nSPS) is 20.0. The number of rotatable bonds is 4. The third kappa shape index (κ3) is 2.83. The second-order valence-corrected chi connectivity index (χ2v) is 6.54. The largest absolute Gasteiger partial charge is 0.417 e. The highest BCUT2D eigenvalue weighted by Crippen LogP contribution is 2.45. The Bertz CT molecular complexity index is 732. The monoisotopic (exact) mass is 357 g/mol. The van der Waals surface area contributed by atoms with Gasteiger partial charge in [-0.25, -0.2) is 0 Å². The Morgan fingerprint density at radius 3 is 2.32 bits per heavy atom. The summed E-state index contributed by atoms with van der Waals surface area (Å²) in [5, 5.41) is 0. The number of carbonyl (C=O) groups is 2. The van der Waals surface area contributed by atoms with Gasteiger partial charge in [0.1, 0.15) is 0 Å². The zero-order chi connectivity index (χ0) is 18.6. The first-order valence-corrected chi connectivity index (χ1v) is 7.80. The number of carbonyl (C=O) groups excluding carboxylic acids is 2. The van der Waals surface area contributed by atoms with Crippen molar-refractivity contribution in [1.29, 1.82) is 0 Å². The van der Waals surface area contributed by atoms with Crippen molar-refractivity contribution in [3.63, 3.8) is 0 Å². The lowest BCUT2D eigenvalue weighted by Gasteiger charge is -2.46. The number of halogens is 3. The van der Waals surface area contributed by atoms with Crippen molar-refractivity contribution >= 4 is 17.4 Å². The van der Waals surface area contributed by atoms with Gasteiger partial charge in [0.25, 0.3) is 11.7 Å². The molecule has 8 heteroatoms. The van der Waals surface area contributed by atoms with Crippen LogP contribution in [0.5, 0.6) is 0 Å². The van der Waals surface area contributed by atoms with Crippen molar-refractivity contribution in [2.24, 2.45) is 5.92 Å². The molecule has 0 saturated heterocycles. The van der Waals surface area contributed by atoms with Gasteiger partial charge in [0.15, 0.2) is 5.79 Å². The second kappa shape index (κ2) is 5.81. The number of alkyl halides is 3. The number of hydrogen-bond donors (Lipinski definition) is 0. The van der Waals surface area contributed by atoms with Crippen molar-refractivity contribution < 1.29 is 32.2 Å². The van der Waals surface area contributed by atoms with Gasteiger partial charge in [-0.15, -0.1) is 0 Å². The summed E-state index contributed by atoms with van der Waals surface area (Å²) in [6, 6.07) is 2.35. The lowest BCUT2D eigenvalue weighted by atomic mass is 9.78. The molecule has 0 unspecified atom stereocenters. The first kappa shape index (κ1) is 17.9. The minimum atomic E-state index is -4.69. The van der Waals surface area contributed by atoms with Crippen molar-refractivity contribution in [2.45, 2.75) is 31.7 Å². The summed E-state index contributed by atoms with van der Waals surface area (Å²) in [5.74, 6) is -2.76. The maximum atomic E-state index is 13.3. The molecule has 1 aromatic rings. The molecule has 1 aromatic carbocycles. The van der Waals surface area contributed by atoms with Crippen molar-refractivity contribution in [1.82, 2.24) is 0 Å². The summed E-state index contributed by atoms with van der Waals surface area (Å²) in [7, 11) is 3.02. The van der Waals surface area contributed by atoms with Gasteiger partial charge >= 0.3 is 6.18 Å². The van der Waals surface area contributed by atoms with Crippen LogP contribution in [0.3, 0.4) is 0 Å². The van der Waals surface area contributed by atoms with E-state index < -0.39 is 34.8 Å². The quantitative estimate of drug-likeness (QED) is 0.614. The number of anilines is 1. The summed E-state index contributed by atoms with van der Waals surface area (Å²) in [5.41, 5.74) is -1.22. The van der Waals surface area contributed by atoms with Crippen LogP contribution in [-0.4, -0.2) is 38.2 Å². The number of hydrogen-bond acceptors (Lipinski definition) is 4. The Labute approximate surface area is 142 Å². The van der Waals surface area contributed by atoms with E-state index in [2.05, 4.69) is 0 Å². The van der Waals surface area contributed by atoms with E-state index in [0.717, 1.165) is 11.0 Å². The first-order chi connectivity index (χ1) is 11.6.